The first-order valence-electron chi connectivity index (χ1n) is 8.42. The Hall–Kier alpha value is -0.830. The van der Waals surface area contributed by atoms with Crippen LogP contribution >= 0.6 is 0 Å². The molecule has 0 bridgehead atoms. The number of rotatable bonds is 2. The van der Waals surface area contributed by atoms with Gasteiger partial charge >= 0.3 is 0 Å². The Morgan fingerprint density at radius 2 is 1.35 bits per heavy atom. The highest BCUT2D eigenvalue weighted by molar-refractivity contribution is 5.97. The second kappa shape index (κ2) is 7.82. The zero-order valence-electron chi connectivity index (χ0n) is 12.7. The van der Waals surface area contributed by atoms with E-state index in [9.17, 15) is 4.79 Å². The quantitative estimate of drug-likeness (QED) is 0.816. The molecule has 0 aromatic heterocycles. The molecule has 0 aromatic carbocycles. The van der Waals surface area contributed by atoms with Crippen LogP contribution in [-0.4, -0.2) is 16.9 Å². The molecule has 0 radical (unpaired) electrons. The van der Waals surface area contributed by atoms with Crippen molar-refractivity contribution in [3.05, 3.63) is 11.8 Å². The highest BCUT2D eigenvalue weighted by Crippen LogP contribution is 2.33. The largest absolute Gasteiger partial charge is 0.512 e. The predicted molar refractivity (Wildman–Crippen MR) is 80.2 cm³/mol. The molecule has 0 atom stereocenters. The number of hydrogen-bond donors (Lipinski definition) is 2. The predicted octanol–water partition coefficient (Wildman–Crippen LogP) is 3.16. The lowest BCUT2D eigenvalue weighted by Crippen LogP contribution is -2.68. The molecular formula is C17H30NO2+. The van der Waals surface area contributed by atoms with Crippen molar-refractivity contribution < 1.29 is 15.6 Å². The molecule has 3 aliphatic carbocycles. The van der Waals surface area contributed by atoms with E-state index in [1.165, 1.54) is 70.3 Å². The fourth-order valence-electron chi connectivity index (χ4n) is 3.84. The summed E-state index contributed by atoms with van der Waals surface area (Å²) in [6.45, 7) is 0. The summed E-state index contributed by atoms with van der Waals surface area (Å²) in [5.41, 5.74) is 4.49. The summed E-state index contributed by atoms with van der Waals surface area (Å²) < 4.78 is 0. The molecule has 4 N–H and O–H groups in total. The summed E-state index contributed by atoms with van der Waals surface area (Å²) in [5, 5.41) is 8.26. The average molecular weight is 280 g/mol. The van der Waals surface area contributed by atoms with Gasteiger partial charge in [0.25, 0.3) is 0 Å². The fraction of sp³-hybridized carbons (Fsp3) is 0.824. The fourth-order valence-corrected chi connectivity index (χ4v) is 3.84. The third-order valence-corrected chi connectivity index (χ3v) is 5.19. The molecule has 0 amide bonds. The number of hydrogen-bond acceptors (Lipinski definition) is 2. The van der Waals surface area contributed by atoms with Gasteiger partial charge in [0.15, 0.2) is 5.78 Å². The Morgan fingerprint density at radius 3 is 1.60 bits per heavy atom. The molecule has 0 aromatic rings. The van der Waals surface area contributed by atoms with Crippen molar-refractivity contribution in [2.24, 2.45) is 11.8 Å². The van der Waals surface area contributed by atoms with Crippen LogP contribution in [-0.2, 0) is 4.79 Å². The number of allylic oxidation sites excluding steroid dienone is 2. The summed E-state index contributed by atoms with van der Waals surface area (Å²) in [5.74, 6) is 2.19. The van der Waals surface area contributed by atoms with Crippen LogP contribution in [0.4, 0.5) is 0 Å². The molecule has 3 heteroatoms. The number of carbonyl (C=O) groups is 1. The van der Waals surface area contributed by atoms with Gasteiger partial charge in [0.05, 0.1) is 12.5 Å². The van der Waals surface area contributed by atoms with Crippen LogP contribution in [0.3, 0.4) is 0 Å². The zero-order valence-corrected chi connectivity index (χ0v) is 12.7. The topological polar surface area (TPSA) is 64.9 Å². The number of quaternary nitrogens is 1. The molecule has 0 saturated heterocycles. The van der Waals surface area contributed by atoms with Crippen molar-refractivity contribution in [1.29, 1.82) is 0 Å². The first-order valence-corrected chi connectivity index (χ1v) is 8.42. The second-order valence-corrected chi connectivity index (χ2v) is 6.74. The smallest absolute Gasteiger partial charge is 0.166 e. The summed E-state index contributed by atoms with van der Waals surface area (Å²) in [6, 6.07) is 0.788. The second-order valence-electron chi connectivity index (χ2n) is 6.74. The minimum Gasteiger partial charge on any atom is -0.512 e. The van der Waals surface area contributed by atoms with Gasteiger partial charge in [0.2, 0.25) is 0 Å². The normalized spacial score (nSPS) is 24.7. The first-order chi connectivity index (χ1) is 9.66. The van der Waals surface area contributed by atoms with Gasteiger partial charge in [-0.05, 0) is 25.7 Å². The van der Waals surface area contributed by atoms with Crippen LogP contribution in [0.1, 0.15) is 70.6 Å². The highest BCUT2D eigenvalue weighted by atomic mass is 16.3. The Labute approximate surface area is 122 Å². The summed E-state index contributed by atoms with van der Waals surface area (Å²) in [4.78, 5) is 9.87. The van der Waals surface area contributed by atoms with E-state index in [-0.39, 0.29) is 18.0 Å². The highest BCUT2D eigenvalue weighted by Gasteiger charge is 2.31. The van der Waals surface area contributed by atoms with E-state index in [2.05, 4.69) is 5.73 Å². The van der Waals surface area contributed by atoms with Crippen LogP contribution in [0.15, 0.2) is 11.8 Å². The van der Waals surface area contributed by atoms with E-state index < -0.39 is 0 Å². The number of carbonyl (C=O) groups excluding carboxylic acids is 1. The van der Waals surface area contributed by atoms with E-state index in [1.54, 1.807) is 0 Å². The van der Waals surface area contributed by atoms with Gasteiger partial charge in [-0.25, -0.2) is 0 Å². The molecular weight excluding hydrogens is 250 g/mol. The molecule has 0 unspecified atom stereocenters. The van der Waals surface area contributed by atoms with Gasteiger partial charge in [-0.15, -0.1) is 0 Å². The van der Waals surface area contributed by atoms with Gasteiger partial charge in [-0.1, -0.05) is 38.5 Å². The molecule has 0 spiro atoms. The summed E-state index contributed by atoms with van der Waals surface area (Å²) in [7, 11) is 0. The van der Waals surface area contributed by atoms with Crippen molar-refractivity contribution in [2.45, 2.75) is 76.7 Å². The Balaban J connectivity index is 0.000000205. The van der Waals surface area contributed by atoms with E-state index in [1.807, 2.05) is 0 Å². The van der Waals surface area contributed by atoms with E-state index in [0.29, 0.717) is 0 Å². The molecule has 0 heterocycles. The van der Waals surface area contributed by atoms with Crippen molar-refractivity contribution in [2.75, 3.05) is 0 Å². The molecule has 0 aliphatic heterocycles. The maximum absolute atomic E-state index is 9.87. The number of ketones is 1. The Kier molecular flexibility index (Phi) is 6.08. The van der Waals surface area contributed by atoms with Crippen LogP contribution < -0.4 is 5.73 Å². The lowest BCUT2D eigenvalue weighted by Gasteiger charge is -2.32. The van der Waals surface area contributed by atoms with Crippen LogP contribution in [0.2, 0.25) is 0 Å². The van der Waals surface area contributed by atoms with Crippen molar-refractivity contribution in [3.8, 4) is 0 Å². The number of aliphatic hydroxyl groups is 1. The molecule has 2 saturated carbocycles. The van der Waals surface area contributed by atoms with Gasteiger partial charge in [-0.3, -0.25) is 4.79 Å². The van der Waals surface area contributed by atoms with E-state index in [0.717, 1.165) is 17.9 Å². The Morgan fingerprint density at radius 1 is 0.950 bits per heavy atom. The lowest BCUT2D eigenvalue weighted by molar-refractivity contribution is -0.449. The minimum absolute atomic E-state index is 0.0208. The molecule has 3 aliphatic rings. The van der Waals surface area contributed by atoms with Gasteiger partial charge < -0.3 is 10.8 Å². The molecule has 20 heavy (non-hydrogen) atoms. The first kappa shape index (κ1) is 15.6. The average Bonchev–Trinajstić information content (AvgIpc) is 2.48. The maximum Gasteiger partial charge on any atom is 0.166 e. The van der Waals surface area contributed by atoms with Gasteiger partial charge in [0.1, 0.15) is 5.76 Å². The molecule has 2 fully saturated rings. The maximum atomic E-state index is 9.87. The van der Waals surface area contributed by atoms with E-state index in [4.69, 9.17) is 5.11 Å². The zero-order chi connectivity index (χ0) is 14.4. The standard InChI is InChI=1S/C13H25N.C4H4O2/c14-13(11-7-3-1-4-8-11)12-9-5-2-6-10-12;5-3-1-4(6)2-3/h11-13H,1-10,14H2;1,5H,2H2/p+1. The van der Waals surface area contributed by atoms with E-state index >= 15 is 0 Å². The van der Waals surface area contributed by atoms with Crippen LogP contribution in [0.25, 0.3) is 0 Å². The van der Waals surface area contributed by atoms with Crippen LogP contribution in [0, 0.1) is 11.8 Å². The van der Waals surface area contributed by atoms with Gasteiger partial charge in [-0.2, -0.15) is 0 Å². The monoisotopic (exact) mass is 280 g/mol. The van der Waals surface area contributed by atoms with Crippen molar-refractivity contribution in [1.82, 2.24) is 0 Å². The third-order valence-electron chi connectivity index (χ3n) is 5.19. The molecule has 3 nitrogen and oxygen atoms in total. The summed E-state index contributed by atoms with van der Waals surface area (Å²) in [6.07, 6.45) is 16.2. The minimum atomic E-state index is 0.0208. The summed E-state index contributed by atoms with van der Waals surface area (Å²) >= 11 is 0. The van der Waals surface area contributed by atoms with Gasteiger partial charge in [0, 0.05) is 17.9 Å². The third kappa shape index (κ3) is 4.62. The van der Waals surface area contributed by atoms with Crippen LogP contribution in [0.5, 0.6) is 0 Å². The molecule has 3 rings (SSSR count). The Bertz CT molecular complexity index is 321. The number of aliphatic hydroxyl groups excluding tert-OH is 1. The molecule has 114 valence electrons. The van der Waals surface area contributed by atoms with Crippen molar-refractivity contribution in [3.63, 3.8) is 0 Å². The lowest BCUT2D eigenvalue weighted by atomic mass is 9.74. The SMILES string of the molecule is O=C1C=C(O)C1.[NH3+]C(C1CCCCC1)C1CCCCC1. The van der Waals surface area contributed by atoms with Crippen molar-refractivity contribution >= 4 is 5.78 Å².